The van der Waals surface area contributed by atoms with Crippen molar-refractivity contribution < 1.29 is 17.9 Å². The molecule has 1 aliphatic rings. The van der Waals surface area contributed by atoms with Gasteiger partial charge in [-0.15, -0.1) is 0 Å². The molecule has 156 valence electrons. The van der Waals surface area contributed by atoms with E-state index in [1.807, 2.05) is 25.1 Å². The molecule has 8 heteroatoms. The number of halogens is 1. The summed E-state index contributed by atoms with van der Waals surface area (Å²) in [6.45, 7) is 1.53. The third-order valence-electron chi connectivity index (χ3n) is 5.13. The van der Waals surface area contributed by atoms with Gasteiger partial charge in [0.25, 0.3) is 0 Å². The zero-order valence-corrected chi connectivity index (χ0v) is 18.3. The molecule has 0 radical (unpaired) electrons. The van der Waals surface area contributed by atoms with E-state index >= 15 is 0 Å². The van der Waals surface area contributed by atoms with E-state index in [0.717, 1.165) is 52.3 Å². The first-order chi connectivity index (χ1) is 13.7. The number of amides is 1. The molecule has 0 aliphatic heterocycles. The van der Waals surface area contributed by atoms with Crippen molar-refractivity contribution in [2.24, 2.45) is 0 Å². The molecule has 0 saturated carbocycles. The molecule has 1 aliphatic carbocycles. The summed E-state index contributed by atoms with van der Waals surface area (Å²) in [6.07, 6.45) is 3.75. The zero-order chi connectivity index (χ0) is 21.2. The van der Waals surface area contributed by atoms with Gasteiger partial charge >= 0.3 is 0 Å². The van der Waals surface area contributed by atoms with Crippen molar-refractivity contribution in [3.8, 4) is 5.75 Å². The van der Waals surface area contributed by atoms with E-state index in [1.165, 1.54) is 0 Å². The molecular weight excluding hydrogens is 412 g/mol. The van der Waals surface area contributed by atoms with Gasteiger partial charge in [-0.25, -0.2) is 8.42 Å². The molecule has 1 atom stereocenters. The Balaban J connectivity index is 1.79. The number of methoxy groups -OCH3 is 1. The zero-order valence-electron chi connectivity index (χ0n) is 16.7. The Bertz CT molecular complexity index is 1020. The summed E-state index contributed by atoms with van der Waals surface area (Å²) < 4.78 is 31.0. The Morgan fingerprint density at radius 1 is 1.28 bits per heavy atom. The van der Waals surface area contributed by atoms with Gasteiger partial charge in [-0.1, -0.05) is 23.7 Å². The van der Waals surface area contributed by atoms with Gasteiger partial charge in [-0.2, -0.15) is 0 Å². The van der Waals surface area contributed by atoms with E-state index < -0.39 is 10.0 Å². The average molecular weight is 437 g/mol. The van der Waals surface area contributed by atoms with Crippen LogP contribution in [0.5, 0.6) is 5.75 Å². The van der Waals surface area contributed by atoms with Crippen molar-refractivity contribution in [2.75, 3.05) is 24.2 Å². The van der Waals surface area contributed by atoms with Gasteiger partial charge in [0, 0.05) is 5.02 Å². The Labute approximate surface area is 176 Å². The lowest BCUT2D eigenvalue weighted by Crippen LogP contribution is -2.42. The molecule has 29 heavy (non-hydrogen) atoms. The maximum atomic E-state index is 12.8. The minimum absolute atomic E-state index is 0.153. The molecule has 6 nitrogen and oxygen atoms in total. The lowest BCUT2D eigenvalue weighted by Gasteiger charge is -2.28. The summed E-state index contributed by atoms with van der Waals surface area (Å²) in [5.41, 5.74) is 3.40. The molecular formula is C21H25ClN2O4S. The van der Waals surface area contributed by atoms with Crippen LogP contribution in [0.4, 0.5) is 5.69 Å². The largest absolute Gasteiger partial charge is 0.497 e. The minimum Gasteiger partial charge on any atom is -0.497 e. The van der Waals surface area contributed by atoms with Gasteiger partial charge in [0.15, 0.2) is 0 Å². The van der Waals surface area contributed by atoms with Gasteiger partial charge in [0.05, 0.1) is 25.1 Å². The Kier molecular flexibility index (Phi) is 6.39. The van der Waals surface area contributed by atoms with Crippen molar-refractivity contribution in [2.45, 2.75) is 32.2 Å². The first-order valence-corrected chi connectivity index (χ1v) is 11.6. The van der Waals surface area contributed by atoms with E-state index in [4.69, 9.17) is 16.3 Å². The number of nitrogens with zero attached hydrogens (tertiary/aromatic N) is 1. The fraction of sp³-hybridized carbons (Fsp3) is 0.381. The molecule has 2 aromatic carbocycles. The number of anilines is 1. The van der Waals surface area contributed by atoms with E-state index in [2.05, 4.69) is 5.32 Å². The molecule has 0 aromatic heterocycles. The van der Waals surface area contributed by atoms with Crippen LogP contribution >= 0.6 is 11.6 Å². The van der Waals surface area contributed by atoms with Gasteiger partial charge < -0.3 is 10.1 Å². The predicted octanol–water partition coefficient (Wildman–Crippen LogP) is 3.62. The highest BCUT2D eigenvalue weighted by atomic mass is 35.5. The summed E-state index contributed by atoms with van der Waals surface area (Å²) >= 11 is 6.15. The smallest absolute Gasteiger partial charge is 0.241 e. The Hall–Kier alpha value is -2.25. The van der Waals surface area contributed by atoms with E-state index in [0.29, 0.717) is 10.7 Å². The average Bonchev–Trinajstić information content (AvgIpc) is 2.67. The quantitative estimate of drug-likeness (QED) is 0.750. The number of ether oxygens (including phenoxy) is 1. The van der Waals surface area contributed by atoms with Crippen molar-refractivity contribution >= 4 is 33.2 Å². The second kappa shape index (κ2) is 8.63. The number of carbonyl (C=O) groups is 1. The van der Waals surface area contributed by atoms with Crippen molar-refractivity contribution in [3.63, 3.8) is 0 Å². The highest BCUT2D eigenvalue weighted by Crippen LogP contribution is 2.32. The third-order valence-corrected chi connectivity index (χ3v) is 6.68. The van der Waals surface area contributed by atoms with Gasteiger partial charge in [-0.05, 0) is 67.1 Å². The molecule has 1 unspecified atom stereocenters. The van der Waals surface area contributed by atoms with Gasteiger partial charge in [-0.3, -0.25) is 9.10 Å². The number of rotatable bonds is 6. The summed E-state index contributed by atoms with van der Waals surface area (Å²) in [6, 6.07) is 10.6. The van der Waals surface area contributed by atoms with Crippen LogP contribution in [0, 0.1) is 6.92 Å². The SMILES string of the molecule is COc1ccc2c(c1)CCCC2NC(=O)CN(c1ccc(C)c(Cl)c1)S(C)(=O)=O. The maximum absolute atomic E-state index is 12.8. The molecule has 3 rings (SSSR count). The van der Waals surface area contributed by atoms with Crippen LogP contribution in [0.1, 0.15) is 35.6 Å². The number of sulfonamides is 1. The number of aryl methyl sites for hydroxylation is 2. The van der Waals surface area contributed by atoms with Crippen molar-refractivity contribution in [1.29, 1.82) is 0 Å². The standard InChI is InChI=1S/C21H25ClN2O4S/c1-14-7-8-16(12-19(14)22)24(29(3,26)27)13-21(25)23-20-6-4-5-15-11-17(28-2)9-10-18(15)20/h7-12,20H,4-6,13H2,1-3H3,(H,23,25). The minimum atomic E-state index is -3.66. The molecule has 0 bridgehead atoms. The van der Waals surface area contributed by atoms with E-state index in [9.17, 15) is 13.2 Å². The Morgan fingerprint density at radius 2 is 2.03 bits per heavy atom. The molecule has 0 fully saturated rings. The molecule has 1 N–H and O–H groups in total. The predicted molar refractivity (Wildman–Crippen MR) is 115 cm³/mol. The summed E-state index contributed by atoms with van der Waals surface area (Å²) in [4.78, 5) is 12.8. The lowest BCUT2D eigenvalue weighted by atomic mass is 9.87. The van der Waals surface area contributed by atoms with Crippen LogP contribution in [0.15, 0.2) is 36.4 Å². The van der Waals surface area contributed by atoms with Crippen LogP contribution in [-0.4, -0.2) is 34.2 Å². The number of benzene rings is 2. The first-order valence-electron chi connectivity index (χ1n) is 9.39. The number of hydrogen-bond donors (Lipinski definition) is 1. The van der Waals surface area contributed by atoms with Gasteiger partial charge in [0.2, 0.25) is 15.9 Å². The number of carbonyl (C=O) groups excluding carboxylic acids is 1. The number of fused-ring (bicyclic) bond motifs is 1. The fourth-order valence-electron chi connectivity index (χ4n) is 3.57. The van der Waals surface area contributed by atoms with Crippen molar-refractivity contribution in [1.82, 2.24) is 5.32 Å². The summed E-state index contributed by atoms with van der Waals surface area (Å²) in [5, 5.41) is 3.44. The van der Waals surface area contributed by atoms with E-state index in [-0.39, 0.29) is 18.5 Å². The van der Waals surface area contributed by atoms with Crippen molar-refractivity contribution in [3.05, 3.63) is 58.1 Å². The third kappa shape index (κ3) is 5.03. The molecule has 0 spiro atoms. The normalized spacial score (nSPS) is 16.1. The monoisotopic (exact) mass is 436 g/mol. The second-order valence-corrected chi connectivity index (χ2v) is 9.59. The summed E-state index contributed by atoms with van der Waals surface area (Å²) in [7, 11) is -2.03. The first kappa shape index (κ1) is 21.5. The summed E-state index contributed by atoms with van der Waals surface area (Å²) in [5.74, 6) is 0.427. The fourth-order valence-corrected chi connectivity index (χ4v) is 4.60. The highest BCUT2D eigenvalue weighted by molar-refractivity contribution is 7.92. The highest BCUT2D eigenvalue weighted by Gasteiger charge is 2.26. The molecule has 0 saturated heterocycles. The van der Waals surface area contributed by atoms with Crippen LogP contribution in [0.3, 0.4) is 0 Å². The number of nitrogens with one attached hydrogen (secondary N) is 1. The number of hydrogen-bond acceptors (Lipinski definition) is 4. The van der Waals surface area contributed by atoms with Crippen LogP contribution in [0.2, 0.25) is 5.02 Å². The van der Waals surface area contributed by atoms with Crippen LogP contribution < -0.4 is 14.4 Å². The maximum Gasteiger partial charge on any atom is 0.241 e. The molecule has 0 heterocycles. The van der Waals surface area contributed by atoms with E-state index in [1.54, 1.807) is 25.3 Å². The molecule has 1 amide bonds. The van der Waals surface area contributed by atoms with Crippen LogP contribution in [-0.2, 0) is 21.2 Å². The lowest BCUT2D eigenvalue weighted by molar-refractivity contribution is -0.120. The second-order valence-electron chi connectivity index (χ2n) is 7.28. The van der Waals surface area contributed by atoms with Gasteiger partial charge in [0.1, 0.15) is 12.3 Å². The Morgan fingerprint density at radius 3 is 2.69 bits per heavy atom. The van der Waals surface area contributed by atoms with Crippen LogP contribution in [0.25, 0.3) is 0 Å². The molecule has 2 aromatic rings. The topological polar surface area (TPSA) is 75.7 Å².